The Kier molecular flexibility index (Phi) is 4.95. The largest absolute Gasteiger partial charge is 0.508 e. The van der Waals surface area contributed by atoms with Crippen LogP contribution in [0, 0.1) is 5.82 Å². The van der Waals surface area contributed by atoms with E-state index in [1.54, 1.807) is 10.6 Å². The normalized spacial score (nSPS) is 20.2. The van der Waals surface area contributed by atoms with Crippen LogP contribution in [0.3, 0.4) is 0 Å². The quantitative estimate of drug-likeness (QED) is 0.543. The second-order valence-electron chi connectivity index (χ2n) is 7.54. The summed E-state index contributed by atoms with van der Waals surface area (Å²) in [5, 5.41) is 24.3. The molecular formula is C21H24FN3O3. The highest BCUT2D eigenvalue weighted by Gasteiger charge is 2.29. The summed E-state index contributed by atoms with van der Waals surface area (Å²) in [7, 11) is 0. The first-order valence-electron chi connectivity index (χ1n) is 9.57. The van der Waals surface area contributed by atoms with E-state index in [2.05, 4.69) is 10.3 Å². The van der Waals surface area contributed by atoms with E-state index in [1.165, 1.54) is 6.07 Å². The summed E-state index contributed by atoms with van der Waals surface area (Å²) in [6, 6.07) is 9.47. The summed E-state index contributed by atoms with van der Waals surface area (Å²) >= 11 is 0. The van der Waals surface area contributed by atoms with E-state index in [0.717, 1.165) is 29.1 Å². The van der Waals surface area contributed by atoms with Crippen LogP contribution in [0.4, 0.5) is 4.39 Å². The fourth-order valence-electron chi connectivity index (χ4n) is 4.09. The molecule has 6 nitrogen and oxygen atoms in total. The lowest BCUT2D eigenvalue weighted by molar-refractivity contribution is 0.119. The molecule has 0 spiro atoms. The number of aromatic amines is 1. The minimum Gasteiger partial charge on any atom is -0.508 e. The third kappa shape index (κ3) is 3.43. The van der Waals surface area contributed by atoms with Gasteiger partial charge in [0.1, 0.15) is 11.6 Å². The monoisotopic (exact) mass is 385 g/mol. The number of aryl methyl sites for hydroxylation is 2. The Morgan fingerprint density at radius 1 is 1.36 bits per heavy atom. The summed E-state index contributed by atoms with van der Waals surface area (Å²) in [6.45, 7) is 2.54. The standard InChI is InChI=1S/C21H24FN3O3/c1-12(5-6-13-7-8-14(22)11-18(13)26)23-17-9-10-25-19-15(20(17)27)3-2-4-16(19)24-21(25)28/h2-4,7-8,11-12,17,20,23,26-27H,5-6,9-10H2,1H3,(H,24,28). The SMILES string of the molecule is CC(CCc1ccc(F)cc1O)NC1CCn2c(=O)[nH]c3cccc(c32)C1O. The number of benzene rings is 2. The van der Waals surface area contributed by atoms with Gasteiger partial charge in [-0.1, -0.05) is 18.2 Å². The Balaban J connectivity index is 1.47. The van der Waals surface area contributed by atoms with Gasteiger partial charge < -0.3 is 20.5 Å². The third-order valence-corrected chi connectivity index (χ3v) is 5.58. The van der Waals surface area contributed by atoms with Gasteiger partial charge in [-0.2, -0.15) is 0 Å². The Labute approximate surface area is 161 Å². The molecule has 0 saturated heterocycles. The Bertz CT molecular complexity index is 1060. The van der Waals surface area contributed by atoms with E-state index < -0.39 is 11.9 Å². The van der Waals surface area contributed by atoms with E-state index in [1.807, 2.05) is 25.1 Å². The van der Waals surface area contributed by atoms with Crippen LogP contribution in [-0.4, -0.2) is 31.8 Å². The van der Waals surface area contributed by atoms with Gasteiger partial charge in [0.05, 0.1) is 17.1 Å². The van der Waals surface area contributed by atoms with Gasteiger partial charge >= 0.3 is 5.69 Å². The second kappa shape index (κ2) is 7.41. The number of aliphatic hydroxyl groups is 1. The summed E-state index contributed by atoms with van der Waals surface area (Å²) < 4.78 is 14.8. The van der Waals surface area contributed by atoms with Crippen LogP contribution in [0.15, 0.2) is 41.2 Å². The zero-order valence-corrected chi connectivity index (χ0v) is 15.7. The molecule has 4 N–H and O–H groups in total. The molecule has 28 heavy (non-hydrogen) atoms. The Morgan fingerprint density at radius 3 is 2.96 bits per heavy atom. The van der Waals surface area contributed by atoms with Gasteiger partial charge in [-0.05, 0) is 43.9 Å². The number of hydrogen-bond donors (Lipinski definition) is 4. The van der Waals surface area contributed by atoms with Crippen molar-refractivity contribution in [1.82, 2.24) is 14.9 Å². The Hall–Kier alpha value is -2.64. The number of H-pyrrole nitrogens is 1. The fourth-order valence-corrected chi connectivity index (χ4v) is 4.09. The summed E-state index contributed by atoms with van der Waals surface area (Å²) in [5.74, 6) is -0.492. The number of nitrogens with zero attached hydrogens (tertiary/aromatic N) is 1. The van der Waals surface area contributed by atoms with E-state index >= 15 is 0 Å². The van der Waals surface area contributed by atoms with Gasteiger partial charge in [-0.3, -0.25) is 4.57 Å². The van der Waals surface area contributed by atoms with Crippen molar-refractivity contribution in [2.45, 2.75) is 50.9 Å². The van der Waals surface area contributed by atoms with Gasteiger partial charge in [0.25, 0.3) is 0 Å². The van der Waals surface area contributed by atoms with Crippen molar-refractivity contribution in [3.8, 4) is 5.75 Å². The lowest BCUT2D eigenvalue weighted by Crippen LogP contribution is -2.41. The van der Waals surface area contributed by atoms with Crippen molar-refractivity contribution in [2.24, 2.45) is 0 Å². The number of rotatable bonds is 5. The molecule has 0 bridgehead atoms. The topological polar surface area (TPSA) is 90.3 Å². The summed E-state index contributed by atoms with van der Waals surface area (Å²) in [4.78, 5) is 15.1. The second-order valence-corrected chi connectivity index (χ2v) is 7.54. The number of halogens is 1. The number of imidazole rings is 1. The van der Waals surface area contributed by atoms with Crippen LogP contribution >= 0.6 is 0 Å². The lowest BCUT2D eigenvalue weighted by atomic mass is 9.98. The molecule has 4 rings (SSSR count). The lowest BCUT2D eigenvalue weighted by Gasteiger charge is -2.26. The number of aromatic nitrogens is 2. The number of phenols is 1. The predicted octanol–water partition coefficient (Wildman–Crippen LogP) is 2.59. The molecule has 0 fully saturated rings. The van der Waals surface area contributed by atoms with Crippen LogP contribution in [0.1, 0.15) is 37.0 Å². The smallest absolute Gasteiger partial charge is 0.326 e. The molecular weight excluding hydrogens is 361 g/mol. The molecule has 1 aliphatic rings. The van der Waals surface area contributed by atoms with Crippen LogP contribution < -0.4 is 11.0 Å². The highest BCUT2D eigenvalue weighted by atomic mass is 19.1. The van der Waals surface area contributed by atoms with E-state index in [0.29, 0.717) is 24.9 Å². The first-order valence-corrected chi connectivity index (χ1v) is 9.57. The molecule has 0 saturated carbocycles. The predicted molar refractivity (Wildman–Crippen MR) is 105 cm³/mol. The molecule has 3 aromatic rings. The number of hydrogen-bond acceptors (Lipinski definition) is 4. The van der Waals surface area contributed by atoms with Crippen LogP contribution in [-0.2, 0) is 13.0 Å². The van der Waals surface area contributed by atoms with E-state index in [-0.39, 0.29) is 23.5 Å². The van der Waals surface area contributed by atoms with Crippen LogP contribution in [0.25, 0.3) is 11.0 Å². The molecule has 7 heteroatoms. The molecule has 2 heterocycles. The number of nitrogens with one attached hydrogen (secondary N) is 2. The molecule has 0 aliphatic carbocycles. The molecule has 2 aromatic carbocycles. The molecule has 1 aliphatic heterocycles. The summed E-state index contributed by atoms with van der Waals surface area (Å²) in [6.07, 6.45) is 1.21. The average Bonchev–Trinajstić information content (AvgIpc) is 2.91. The molecule has 1 aromatic heterocycles. The summed E-state index contributed by atoms with van der Waals surface area (Å²) in [5.41, 5.74) is 2.79. The average molecular weight is 385 g/mol. The molecule has 3 atom stereocenters. The van der Waals surface area contributed by atoms with Crippen LogP contribution in [0.5, 0.6) is 5.75 Å². The minimum absolute atomic E-state index is 0.0352. The van der Waals surface area contributed by atoms with Crippen molar-refractivity contribution in [1.29, 1.82) is 0 Å². The van der Waals surface area contributed by atoms with E-state index in [4.69, 9.17) is 0 Å². The number of aromatic hydroxyl groups is 1. The fraction of sp³-hybridized carbons (Fsp3) is 0.381. The number of aliphatic hydroxyl groups excluding tert-OH is 1. The van der Waals surface area contributed by atoms with Crippen molar-refractivity contribution < 1.29 is 14.6 Å². The van der Waals surface area contributed by atoms with Crippen molar-refractivity contribution in [2.75, 3.05) is 0 Å². The third-order valence-electron chi connectivity index (χ3n) is 5.58. The molecule has 3 unspecified atom stereocenters. The maximum atomic E-state index is 13.1. The van der Waals surface area contributed by atoms with E-state index in [9.17, 15) is 19.4 Å². The maximum absolute atomic E-state index is 13.1. The number of phenolic OH excluding ortho intramolecular Hbond substituents is 1. The highest BCUT2D eigenvalue weighted by molar-refractivity contribution is 5.79. The first-order chi connectivity index (χ1) is 13.4. The zero-order valence-electron chi connectivity index (χ0n) is 15.7. The van der Waals surface area contributed by atoms with Crippen molar-refractivity contribution in [3.05, 3.63) is 63.8 Å². The minimum atomic E-state index is -0.727. The molecule has 0 amide bonds. The molecule has 0 radical (unpaired) electrons. The van der Waals surface area contributed by atoms with Gasteiger partial charge in [-0.25, -0.2) is 9.18 Å². The van der Waals surface area contributed by atoms with Gasteiger partial charge in [-0.15, -0.1) is 0 Å². The molecule has 148 valence electrons. The van der Waals surface area contributed by atoms with Crippen LogP contribution in [0.2, 0.25) is 0 Å². The van der Waals surface area contributed by atoms with Crippen molar-refractivity contribution in [3.63, 3.8) is 0 Å². The van der Waals surface area contributed by atoms with Gasteiger partial charge in [0.15, 0.2) is 0 Å². The first kappa shape index (κ1) is 18.7. The maximum Gasteiger partial charge on any atom is 0.326 e. The highest BCUT2D eigenvalue weighted by Crippen LogP contribution is 2.30. The van der Waals surface area contributed by atoms with Gasteiger partial charge in [0, 0.05) is 30.3 Å². The zero-order chi connectivity index (χ0) is 19.8. The number of para-hydroxylation sites is 1. The van der Waals surface area contributed by atoms with Gasteiger partial charge in [0.2, 0.25) is 0 Å². The Morgan fingerprint density at radius 2 is 2.18 bits per heavy atom. The van der Waals surface area contributed by atoms with Crippen molar-refractivity contribution >= 4 is 11.0 Å².